The van der Waals surface area contributed by atoms with Gasteiger partial charge in [0.2, 0.25) is 11.8 Å². The van der Waals surface area contributed by atoms with Crippen molar-refractivity contribution >= 4 is 29.3 Å². The zero-order valence-corrected chi connectivity index (χ0v) is 17.4. The Labute approximate surface area is 179 Å². The number of carbonyl (C=O) groups is 2. The van der Waals surface area contributed by atoms with Crippen molar-refractivity contribution in [1.29, 1.82) is 5.26 Å². The van der Waals surface area contributed by atoms with Gasteiger partial charge in [-0.25, -0.2) is 0 Å². The van der Waals surface area contributed by atoms with E-state index in [2.05, 4.69) is 16.7 Å². The van der Waals surface area contributed by atoms with Crippen molar-refractivity contribution in [2.75, 3.05) is 25.3 Å². The van der Waals surface area contributed by atoms with E-state index in [0.29, 0.717) is 27.8 Å². The summed E-state index contributed by atoms with van der Waals surface area (Å²) in [7, 11) is 3.11. The molecule has 2 aromatic carbocycles. The molecule has 8 heteroatoms. The predicted octanol–water partition coefficient (Wildman–Crippen LogP) is 3.41. The van der Waals surface area contributed by atoms with Crippen molar-refractivity contribution in [2.45, 2.75) is 12.3 Å². The molecule has 1 heterocycles. The quantitative estimate of drug-likeness (QED) is 0.708. The van der Waals surface area contributed by atoms with E-state index in [1.807, 2.05) is 18.2 Å². The topological polar surface area (TPSA) is 100 Å². The average molecular weight is 423 g/mol. The maximum absolute atomic E-state index is 12.4. The first-order valence-electron chi connectivity index (χ1n) is 9.19. The number of rotatable bonds is 7. The molecule has 0 unspecified atom stereocenters. The molecule has 0 aliphatic carbocycles. The molecule has 1 atom stereocenters. The van der Waals surface area contributed by atoms with Gasteiger partial charge in [-0.3, -0.25) is 9.59 Å². The van der Waals surface area contributed by atoms with Gasteiger partial charge in [-0.1, -0.05) is 36.0 Å². The van der Waals surface area contributed by atoms with Gasteiger partial charge in [0.15, 0.2) is 0 Å². The molecule has 30 heavy (non-hydrogen) atoms. The lowest BCUT2D eigenvalue weighted by atomic mass is 9.87. The van der Waals surface area contributed by atoms with Crippen LogP contribution in [0.2, 0.25) is 0 Å². The smallest absolute Gasteiger partial charge is 0.234 e. The lowest BCUT2D eigenvalue weighted by molar-refractivity contribution is -0.121. The van der Waals surface area contributed by atoms with Gasteiger partial charge in [0.25, 0.3) is 0 Å². The van der Waals surface area contributed by atoms with Gasteiger partial charge in [0.05, 0.1) is 42.3 Å². The highest BCUT2D eigenvalue weighted by Crippen LogP contribution is 2.36. The Bertz CT molecular complexity index is 1010. The number of nitriles is 1. The number of thioether (sulfide) groups is 1. The van der Waals surface area contributed by atoms with E-state index < -0.39 is 0 Å². The summed E-state index contributed by atoms with van der Waals surface area (Å²) in [5.41, 5.74) is 1.84. The first-order chi connectivity index (χ1) is 14.5. The molecule has 0 fully saturated rings. The zero-order chi connectivity index (χ0) is 21.5. The number of anilines is 1. The van der Waals surface area contributed by atoms with Crippen LogP contribution in [-0.2, 0) is 9.59 Å². The fourth-order valence-corrected chi connectivity index (χ4v) is 4.00. The number of para-hydroxylation sites is 2. The molecule has 154 valence electrons. The number of hydrogen-bond donors (Lipinski definition) is 2. The molecule has 2 N–H and O–H groups in total. The highest BCUT2D eigenvalue weighted by molar-refractivity contribution is 8.03. The molecule has 0 aromatic heterocycles. The van der Waals surface area contributed by atoms with E-state index in [-0.39, 0.29) is 29.9 Å². The number of hydrogen-bond acceptors (Lipinski definition) is 6. The standard InChI is InChI=1S/C22H21N3O4S/c1-28-15-9-7-14(8-10-15)16-11-20(26)25-22(17(16)12-23)30-13-21(27)24-18-5-3-4-6-19(18)29-2/h3-10,16H,11,13H2,1-2H3,(H,24,27)(H,25,26)/t16-/m1/s1. The molecule has 2 amide bonds. The number of ether oxygens (including phenoxy) is 2. The molecule has 0 bridgehead atoms. The second kappa shape index (κ2) is 9.85. The summed E-state index contributed by atoms with van der Waals surface area (Å²) < 4.78 is 10.4. The van der Waals surface area contributed by atoms with Gasteiger partial charge in [-0.2, -0.15) is 5.26 Å². The van der Waals surface area contributed by atoms with E-state index >= 15 is 0 Å². The van der Waals surface area contributed by atoms with Crippen LogP contribution < -0.4 is 20.1 Å². The van der Waals surface area contributed by atoms with Gasteiger partial charge in [-0.15, -0.1) is 0 Å². The number of allylic oxidation sites excluding steroid dienone is 1. The molecule has 2 aromatic rings. The lowest BCUT2D eigenvalue weighted by Crippen LogP contribution is -2.31. The number of benzene rings is 2. The summed E-state index contributed by atoms with van der Waals surface area (Å²) >= 11 is 1.13. The van der Waals surface area contributed by atoms with Crippen LogP contribution in [0.3, 0.4) is 0 Å². The number of nitrogens with one attached hydrogen (secondary N) is 2. The number of amides is 2. The summed E-state index contributed by atoms with van der Waals surface area (Å²) in [6.07, 6.45) is 0.173. The Hall–Kier alpha value is -3.44. The Morgan fingerprint density at radius 3 is 2.60 bits per heavy atom. The molecule has 0 spiro atoms. The fourth-order valence-electron chi connectivity index (χ4n) is 3.13. The Balaban J connectivity index is 1.75. The highest BCUT2D eigenvalue weighted by Gasteiger charge is 2.30. The first-order valence-corrected chi connectivity index (χ1v) is 10.2. The molecule has 7 nitrogen and oxygen atoms in total. The lowest BCUT2D eigenvalue weighted by Gasteiger charge is -2.25. The molecular weight excluding hydrogens is 402 g/mol. The van der Waals surface area contributed by atoms with Crippen molar-refractivity contribution in [3.05, 3.63) is 64.7 Å². The van der Waals surface area contributed by atoms with E-state index in [1.54, 1.807) is 37.4 Å². The van der Waals surface area contributed by atoms with Crippen molar-refractivity contribution in [1.82, 2.24) is 5.32 Å². The molecule has 3 rings (SSSR count). The van der Waals surface area contributed by atoms with Crippen molar-refractivity contribution in [3.8, 4) is 17.6 Å². The summed E-state index contributed by atoms with van der Waals surface area (Å²) in [4.78, 5) is 24.7. The predicted molar refractivity (Wildman–Crippen MR) is 115 cm³/mol. The van der Waals surface area contributed by atoms with Crippen molar-refractivity contribution < 1.29 is 19.1 Å². The average Bonchev–Trinajstić information content (AvgIpc) is 2.77. The van der Waals surface area contributed by atoms with Gasteiger partial charge in [-0.05, 0) is 29.8 Å². The SMILES string of the molecule is COc1ccc([C@H]2CC(=O)NC(SCC(=O)Nc3ccccc3OC)=C2C#N)cc1. The van der Waals surface area contributed by atoms with Gasteiger partial charge >= 0.3 is 0 Å². The van der Waals surface area contributed by atoms with Crippen LogP contribution in [0.1, 0.15) is 17.9 Å². The van der Waals surface area contributed by atoms with Crippen LogP contribution in [0.4, 0.5) is 5.69 Å². The highest BCUT2D eigenvalue weighted by atomic mass is 32.2. The third kappa shape index (κ3) is 4.93. The van der Waals surface area contributed by atoms with Crippen LogP contribution in [0.5, 0.6) is 11.5 Å². The minimum atomic E-state index is -0.366. The molecule has 0 saturated carbocycles. The van der Waals surface area contributed by atoms with Crippen LogP contribution in [0.25, 0.3) is 0 Å². The monoisotopic (exact) mass is 423 g/mol. The third-order valence-electron chi connectivity index (χ3n) is 4.60. The number of nitrogens with zero attached hydrogens (tertiary/aromatic N) is 1. The zero-order valence-electron chi connectivity index (χ0n) is 16.6. The van der Waals surface area contributed by atoms with Gasteiger partial charge in [0.1, 0.15) is 11.5 Å². The number of carbonyl (C=O) groups excluding carboxylic acids is 2. The van der Waals surface area contributed by atoms with E-state index in [0.717, 1.165) is 17.3 Å². The third-order valence-corrected chi connectivity index (χ3v) is 5.62. The van der Waals surface area contributed by atoms with E-state index in [4.69, 9.17) is 9.47 Å². The van der Waals surface area contributed by atoms with Crippen LogP contribution in [0.15, 0.2) is 59.1 Å². The Morgan fingerprint density at radius 1 is 1.20 bits per heavy atom. The van der Waals surface area contributed by atoms with E-state index in [9.17, 15) is 14.9 Å². The minimum Gasteiger partial charge on any atom is -0.497 e. The molecule has 0 saturated heterocycles. The van der Waals surface area contributed by atoms with Crippen LogP contribution >= 0.6 is 11.8 Å². The maximum atomic E-state index is 12.4. The minimum absolute atomic E-state index is 0.0359. The van der Waals surface area contributed by atoms with Crippen LogP contribution in [0, 0.1) is 11.3 Å². The van der Waals surface area contributed by atoms with Gasteiger partial charge < -0.3 is 20.1 Å². The summed E-state index contributed by atoms with van der Waals surface area (Å²) in [6.45, 7) is 0. The second-order valence-corrected chi connectivity index (χ2v) is 7.46. The summed E-state index contributed by atoms with van der Waals surface area (Å²) in [6, 6.07) is 16.6. The Kier molecular flexibility index (Phi) is 6.99. The van der Waals surface area contributed by atoms with Crippen molar-refractivity contribution in [3.63, 3.8) is 0 Å². The molecular formula is C22H21N3O4S. The largest absolute Gasteiger partial charge is 0.497 e. The normalized spacial score (nSPS) is 15.8. The summed E-state index contributed by atoms with van der Waals surface area (Å²) in [5.74, 6) is 0.461. The van der Waals surface area contributed by atoms with Crippen molar-refractivity contribution in [2.24, 2.45) is 0 Å². The number of methoxy groups -OCH3 is 2. The molecule has 0 radical (unpaired) electrons. The fraction of sp³-hybridized carbons (Fsp3) is 0.227. The maximum Gasteiger partial charge on any atom is 0.234 e. The molecule has 1 aliphatic rings. The second-order valence-electron chi connectivity index (χ2n) is 6.47. The van der Waals surface area contributed by atoms with Gasteiger partial charge in [0, 0.05) is 12.3 Å². The first kappa shape index (κ1) is 21.3. The summed E-state index contributed by atoms with van der Waals surface area (Å²) in [5, 5.41) is 15.7. The molecule has 1 aliphatic heterocycles. The Morgan fingerprint density at radius 2 is 1.93 bits per heavy atom. The van der Waals surface area contributed by atoms with Crippen LogP contribution in [-0.4, -0.2) is 31.8 Å². The van der Waals surface area contributed by atoms with E-state index in [1.165, 1.54) is 7.11 Å².